The summed E-state index contributed by atoms with van der Waals surface area (Å²) >= 11 is 0. The lowest BCUT2D eigenvalue weighted by Gasteiger charge is -2.29. The van der Waals surface area contributed by atoms with Crippen LogP contribution in [0.2, 0.25) is 0 Å². The highest BCUT2D eigenvalue weighted by molar-refractivity contribution is 7.89. The molecule has 0 radical (unpaired) electrons. The number of halogens is 2. The van der Waals surface area contributed by atoms with Gasteiger partial charge in [0.05, 0.1) is 11.0 Å². The van der Waals surface area contributed by atoms with Crippen LogP contribution in [0.15, 0.2) is 65.6 Å². The monoisotopic (exact) mass is 658 g/mol. The second-order valence-electron chi connectivity index (χ2n) is 11.7. The van der Waals surface area contributed by atoms with Crippen LogP contribution in [0.4, 0.5) is 8.78 Å². The highest BCUT2D eigenvalue weighted by Gasteiger charge is 2.26. The van der Waals surface area contributed by atoms with E-state index in [9.17, 15) is 31.9 Å². The van der Waals surface area contributed by atoms with Crippen LogP contribution < -0.4 is 5.73 Å². The summed E-state index contributed by atoms with van der Waals surface area (Å²) in [5.74, 6) is -2.26. The number of rotatable bonds is 15. The van der Waals surface area contributed by atoms with Gasteiger partial charge in [-0.1, -0.05) is 26.0 Å². The van der Waals surface area contributed by atoms with Crippen molar-refractivity contribution in [3.8, 4) is 0 Å². The minimum absolute atomic E-state index is 0.0307. The Bertz CT molecular complexity index is 1610. The fourth-order valence-corrected chi connectivity index (χ4v) is 6.18. The molecule has 12 heteroatoms. The van der Waals surface area contributed by atoms with E-state index in [0.29, 0.717) is 29.8 Å². The summed E-state index contributed by atoms with van der Waals surface area (Å²) in [6.45, 7) is 6.51. The topological polar surface area (TPSA) is 124 Å². The number of aryl methyl sites for hydroxylation is 1. The van der Waals surface area contributed by atoms with Crippen molar-refractivity contribution in [2.75, 3.05) is 33.7 Å². The first-order valence-corrected chi connectivity index (χ1v) is 16.7. The maximum absolute atomic E-state index is 14.1. The molecule has 0 fully saturated rings. The molecule has 3 aromatic rings. The largest absolute Gasteiger partial charge is 0.390 e. The van der Waals surface area contributed by atoms with Gasteiger partial charge in [-0.2, -0.15) is 0 Å². The third-order valence-corrected chi connectivity index (χ3v) is 9.29. The van der Waals surface area contributed by atoms with Gasteiger partial charge in [0, 0.05) is 63.5 Å². The number of sulfonamides is 1. The average molecular weight is 659 g/mol. The minimum atomic E-state index is -3.77. The molecular formula is C34H44F2N4O5S. The van der Waals surface area contributed by atoms with Crippen molar-refractivity contribution in [1.82, 2.24) is 14.1 Å². The van der Waals surface area contributed by atoms with E-state index in [-0.39, 0.29) is 41.4 Å². The van der Waals surface area contributed by atoms with E-state index in [0.717, 1.165) is 35.3 Å². The minimum Gasteiger partial charge on any atom is -0.390 e. The standard InChI is InChI=1S/C34H44F2N4O5S/c1-6-11-39(12-7-2)33(42)26-13-23(3)14-27(19-26)34(43)40(21-24-9-8-10-30(17-24)46(44,45)38(4)5)22-32(41)31(37)18-25-15-28(35)20-29(36)16-25/h8-10,13-17,19-20,31-32,41H,6-7,11-12,18,21-22,37H2,1-5H3/t31-,32-/m1/s1. The average Bonchev–Trinajstić information content (AvgIpc) is 2.99. The van der Waals surface area contributed by atoms with E-state index in [4.69, 9.17) is 5.73 Å². The first-order valence-electron chi connectivity index (χ1n) is 15.3. The van der Waals surface area contributed by atoms with Gasteiger partial charge in [0.25, 0.3) is 11.8 Å². The van der Waals surface area contributed by atoms with Crippen LogP contribution in [0, 0.1) is 18.6 Å². The second-order valence-corrected chi connectivity index (χ2v) is 13.9. The zero-order valence-corrected chi connectivity index (χ0v) is 27.9. The Morgan fingerprint density at radius 3 is 1.96 bits per heavy atom. The zero-order chi connectivity index (χ0) is 34.2. The molecule has 3 aromatic carbocycles. The van der Waals surface area contributed by atoms with E-state index in [1.807, 2.05) is 13.8 Å². The molecule has 0 unspecified atom stereocenters. The molecule has 0 saturated carbocycles. The third kappa shape index (κ3) is 9.65. The van der Waals surface area contributed by atoms with Gasteiger partial charge >= 0.3 is 0 Å². The lowest BCUT2D eigenvalue weighted by molar-refractivity contribution is 0.0554. The van der Waals surface area contributed by atoms with Crippen LogP contribution >= 0.6 is 0 Å². The van der Waals surface area contributed by atoms with E-state index >= 15 is 0 Å². The van der Waals surface area contributed by atoms with Crippen LogP contribution in [0.1, 0.15) is 64.1 Å². The summed E-state index contributed by atoms with van der Waals surface area (Å²) < 4.78 is 54.2. The van der Waals surface area contributed by atoms with Gasteiger partial charge in [0.15, 0.2) is 0 Å². The third-order valence-electron chi connectivity index (χ3n) is 7.48. The molecule has 0 aliphatic heterocycles. The van der Waals surface area contributed by atoms with E-state index in [1.54, 1.807) is 36.1 Å². The van der Waals surface area contributed by atoms with E-state index in [2.05, 4.69) is 0 Å². The molecule has 0 spiro atoms. The quantitative estimate of drug-likeness (QED) is 0.250. The van der Waals surface area contributed by atoms with Crippen molar-refractivity contribution >= 4 is 21.8 Å². The molecule has 0 saturated heterocycles. The van der Waals surface area contributed by atoms with E-state index < -0.39 is 39.7 Å². The molecular weight excluding hydrogens is 614 g/mol. The number of benzene rings is 3. The molecule has 9 nitrogen and oxygen atoms in total. The number of carbonyl (C=O) groups is 2. The Kier molecular flexibility index (Phi) is 13.0. The fourth-order valence-electron chi connectivity index (χ4n) is 5.20. The highest BCUT2D eigenvalue weighted by Crippen LogP contribution is 2.21. The van der Waals surface area contributed by atoms with Gasteiger partial charge in [-0.15, -0.1) is 0 Å². The van der Waals surface area contributed by atoms with Gasteiger partial charge < -0.3 is 20.6 Å². The number of nitrogens with two attached hydrogens (primary N) is 1. The van der Waals surface area contributed by atoms with Gasteiger partial charge in [0.2, 0.25) is 10.0 Å². The molecule has 0 bridgehead atoms. The molecule has 250 valence electrons. The van der Waals surface area contributed by atoms with Crippen molar-refractivity contribution in [1.29, 1.82) is 0 Å². The maximum Gasteiger partial charge on any atom is 0.254 e. The summed E-state index contributed by atoms with van der Waals surface area (Å²) in [5, 5.41) is 11.1. The number of nitrogens with zero attached hydrogens (tertiary/aromatic N) is 3. The predicted molar refractivity (Wildman–Crippen MR) is 174 cm³/mol. The van der Waals surface area contributed by atoms with Crippen molar-refractivity contribution in [2.24, 2.45) is 5.73 Å². The van der Waals surface area contributed by atoms with Crippen molar-refractivity contribution < 1.29 is 31.9 Å². The summed E-state index contributed by atoms with van der Waals surface area (Å²) in [7, 11) is -0.936. The maximum atomic E-state index is 14.1. The van der Waals surface area contributed by atoms with Crippen molar-refractivity contribution in [3.05, 3.63) is 100 Å². The van der Waals surface area contributed by atoms with Gasteiger partial charge in [-0.05, 0) is 85.3 Å². The highest BCUT2D eigenvalue weighted by atomic mass is 32.2. The predicted octanol–water partition coefficient (Wildman–Crippen LogP) is 4.36. The molecule has 46 heavy (non-hydrogen) atoms. The summed E-state index contributed by atoms with van der Waals surface area (Å²) in [6, 6.07) is 13.0. The first-order chi connectivity index (χ1) is 21.7. The molecule has 3 rings (SSSR count). The lowest BCUT2D eigenvalue weighted by atomic mass is 10.00. The molecule has 0 heterocycles. The van der Waals surface area contributed by atoms with Crippen LogP contribution in [0.5, 0.6) is 0 Å². The summed E-state index contributed by atoms with van der Waals surface area (Å²) in [4.78, 5) is 30.6. The van der Waals surface area contributed by atoms with Crippen LogP contribution in [0.3, 0.4) is 0 Å². The van der Waals surface area contributed by atoms with Gasteiger partial charge in [0.1, 0.15) is 11.6 Å². The molecule has 0 aliphatic carbocycles. The summed E-state index contributed by atoms with van der Waals surface area (Å²) in [5.41, 5.74) is 8.23. The number of aliphatic hydroxyl groups excluding tert-OH is 1. The van der Waals surface area contributed by atoms with Gasteiger partial charge in [-0.25, -0.2) is 21.5 Å². The van der Waals surface area contributed by atoms with Crippen LogP contribution in [-0.4, -0.2) is 85.3 Å². The molecule has 3 N–H and O–H groups in total. The lowest BCUT2D eigenvalue weighted by Crippen LogP contribution is -2.46. The van der Waals surface area contributed by atoms with Crippen molar-refractivity contribution in [3.63, 3.8) is 0 Å². The zero-order valence-electron chi connectivity index (χ0n) is 27.0. The smallest absolute Gasteiger partial charge is 0.254 e. The molecule has 2 amide bonds. The summed E-state index contributed by atoms with van der Waals surface area (Å²) in [6.07, 6.45) is 0.169. The number of aliphatic hydroxyl groups is 1. The van der Waals surface area contributed by atoms with Crippen LogP contribution in [-0.2, 0) is 23.0 Å². The Hall–Kier alpha value is -3.71. The Labute approximate surface area is 270 Å². The van der Waals surface area contributed by atoms with E-state index in [1.165, 1.54) is 37.2 Å². The van der Waals surface area contributed by atoms with Crippen LogP contribution in [0.25, 0.3) is 0 Å². The SMILES string of the molecule is CCCN(CCC)C(=O)c1cc(C)cc(C(=O)N(Cc2cccc(S(=O)(=O)N(C)C)c2)C[C@@H](O)[C@H](N)Cc2cc(F)cc(F)c2)c1. The number of carbonyl (C=O) groups excluding carboxylic acids is 2. The molecule has 2 atom stereocenters. The first kappa shape index (κ1) is 36.8. The normalized spacial score (nSPS) is 13.0. The Morgan fingerprint density at radius 2 is 1.41 bits per heavy atom. The Balaban J connectivity index is 1.99. The number of hydrogen-bond donors (Lipinski definition) is 2. The molecule has 0 aliphatic rings. The second kappa shape index (κ2) is 16.2. The number of amides is 2. The fraction of sp³-hybridized carbons (Fsp3) is 0.412. The number of hydrogen-bond acceptors (Lipinski definition) is 6. The Morgan fingerprint density at radius 1 is 0.848 bits per heavy atom. The molecule has 0 aromatic heterocycles. The van der Waals surface area contributed by atoms with Crippen molar-refractivity contribution in [2.45, 2.75) is 63.6 Å². The van der Waals surface area contributed by atoms with Gasteiger partial charge in [-0.3, -0.25) is 9.59 Å².